The average molecular weight is 455 g/mol. The Hall–Kier alpha value is -2.55. The summed E-state index contributed by atoms with van der Waals surface area (Å²) in [6, 6.07) is 11.0. The van der Waals surface area contributed by atoms with Gasteiger partial charge in [-0.1, -0.05) is 35.9 Å². The third kappa shape index (κ3) is 10.8. The van der Waals surface area contributed by atoms with Crippen LogP contribution in [0.3, 0.4) is 0 Å². The summed E-state index contributed by atoms with van der Waals surface area (Å²) in [5.74, 6) is -0.792. The first-order valence-corrected chi connectivity index (χ1v) is 10.4. The van der Waals surface area contributed by atoms with Crippen LogP contribution in [0.15, 0.2) is 49.1 Å². The highest BCUT2D eigenvalue weighted by Crippen LogP contribution is 2.26. The average Bonchev–Trinajstić information content (AvgIpc) is 2.69. The molecule has 0 fully saturated rings. The zero-order valence-corrected chi connectivity index (χ0v) is 18.6. The van der Waals surface area contributed by atoms with Crippen LogP contribution in [-0.2, 0) is 30.1 Å². The summed E-state index contributed by atoms with van der Waals surface area (Å²) in [4.78, 5) is 19.8. The second-order valence-electron chi connectivity index (χ2n) is 5.49. The Bertz CT molecular complexity index is 887. The zero-order valence-electron chi connectivity index (χ0n) is 17.1. The quantitative estimate of drug-likeness (QED) is 0.300. The number of hydrogen-bond donors (Lipinski definition) is 1. The molecule has 0 radical (unpaired) electrons. The van der Waals surface area contributed by atoms with E-state index < -0.39 is 22.3 Å². The molecule has 0 aromatic heterocycles. The zero-order chi connectivity index (χ0) is 23.1. The highest BCUT2D eigenvalue weighted by Gasteiger charge is 2.08. The van der Waals surface area contributed by atoms with Gasteiger partial charge in [0, 0.05) is 11.9 Å². The smallest absolute Gasteiger partial charge is 0.348 e. The van der Waals surface area contributed by atoms with E-state index in [1.807, 2.05) is 24.3 Å². The summed E-state index contributed by atoms with van der Waals surface area (Å²) in [6.45, 7) is 9.23. The molecule has 0 heterocycles. The summed E-state index contributed by atoms with van der Waals surface area (Å²) in [6.07, 6.45) is 2.06. The van der Waals surface area contributed by atoms with Gasteiger partial charge in [0.25, 0.3) is 0 Å². The molecule has 2 atom stereocenters. The first-order valence-electron chi connectivity index (χ1n) is 8.90. The standard InChI is InChI=1S/C13H11ClO2S.C4H7NO2.C4H8O2/c1-2-13(17(15)16)11-4-3-10-8-12(14)6-5-9(10)7-11;1-2-7-4(6)3-5;1-3-6-4(2)5/h2-8,13H,1H2,(H,15,16);3,5H,2H2,1H3;3H2,1-2H3/p-1. The monoisotopic (exact) mass is 454 g/mol. The van der Waals surface area contributed by atoms with E-state index in [-0.39, 0.29) is 5.97 Å². The highest BCUT2D eigenvalue weighted by molar-refractivity contribution is 7.79. The SMILES string of the molecule is C=CC(c1ccc2cc(Cl)ccc2c1)S(=O)[O-].CCOC(=O)C=N.CCOC(C)=O. The second-order valence-corrected chi connectivity index (χ2v) is 6.95. The highest BCUT2D eigenvalue weighted by atomic mass is 35.5. The Morgan fingerprint density at radius 1 is 1.17 bits per heavy atom. The van der Waals surface area contributed by atoms with Crippen LogP contribution in [0.5, 0.6) is 0 Å². The van der Waals surface area contributed by atoms with Crippen molar-refractivity contribution >= 4 is 51.6 Å². The van der Waals surface area contributed by atoms with Gasteiger partial charge in [0.2, 0.25) is 0 Å². The summed E-state index contributed by atoms with van der Waals surface area (Å²) >= 11 is 3.69. The molecule has 0 bridgehead atoms. The van der Waals surface area contributed by atoms with E-state index in [2.05, 4.69) is 16.1 Å². The number of esters is 2. The Kier molecular flexibility index (Phi) is 14.0. The van der Waals surface area contributed by atoms with Crippen molar-refractivity contribution in [2.45, 2.75) is 26.0 Å². The third-order valence-corrected chi connectivity index (χ3v) is 4.44. The van der Waals surface area contributed by atoms with Crippen LogP contribution in [0.2, 0.25) is 5.02 Å². The minimum Gasteiger partial charge on any atom is -0.772 e. The Labute approximate surface area is 183 Å². The van der Waals surface area contributed by atoms with Crippen molar-refractivity contribution in [3.8, 4) is 0 Å². The largest absolute Gasteiger partial charge is 0.772 e. The van der Waals surface area contributed by atoms with Crippen LogP contribution in [0.25, 0.3) is 10.8 Å². The molecule has 0 aliphatic rings. The predicted octanol–water partition coefficient (Wildman–Crippen LogP) is 4.37. The van der Waals surface area contributed by atoms with Gasteiger partial charge in [-0.2, -0.15) is 0 Å². The van der Waals surface area contributed by atoms with Gasteiger partial charge < -0.3 is 19.4 Å². The fourth-order valence-electron chi connectivity index (χ4n) is 2.12. The lowest BCUT2D eigenvalue weighted by Crippen LogP contribution is -2.02. The van der Waals surface area contributed by atoms with E-state index in [1.54, 1.807) is 26.0 Å². The number of halogens is 1. The molecule has 0 aliphatic carbocycles. The number of hydrogen-bond acceptors (Lipinski definition) is 7. The summed E-state index contributed by atoms with van der Waals surface area (Å²) in [5.41, 5.74) is 0.711. The minimum absolute atomic E-state index is 0.211. The van der Waals surface area contributed by atoms with Crippen LogP contribution >= 0.6 is 11.6 Å². The van der Waals surface area contributed by atoms with E-state index in [0.717, 1.165) is 10.8 Å². The number of nitrogens with one attached hydrogen (secondary N) is 1. The maximum atomic E-state index is 11.0. The lowest BCUT2D eigenvalue weighted by molar-refractivity contribution is -0.140. The predicted molar refractivity (Wildman–Crippen MR) is 119 cm³/mol. The molecule has 0 saturated carbocycles. The minimum atomic E-state index is -2.20. The van der Waals surface area contributed by atoms with Gasteiger partial charge in [-0.3, -0.25) is 9.00 Å². The van der Waals surface area contributed by atoms with Gasteiger partial charge >= 0.3 is 11.9 Å². The molecule has 9 heteroatoms. The Morgan fingerprint density at radius 3 is 2.13 bits per heavy atom. The molecule has 2 unspecified atom stereocenters. The van der Waals surface area contributed by atoms with Crippen molar-refractivity contribution in [3.05, 3.63) is 59.6 Å². The van der Waals surface area contributed by atoms with Crippen molar-refractivity contribution < 1.29 is 27.8 Å². The summed E-state index contributed by atoms with van der Waals surface area (Å²) < 4.78 is 30.8. The van der Waals surface area contributed by atoms with Crippen molar-refractivity contribution in [2.75, 3.05) is 13.2 Å². The maximum absolute atomic E-state index is 11.0. The van der Waals surface area contributed by atoms with Crippen molar-refractivity contribution in [3.63, 3.8) is 0 Å². The lowest BCUT2D eigenvalue weighted by Gasteiger charge is -2.16. The first kappa shape index (κ1) is 27.5. The van der Waals surface area contributed by atoms with Gasteiger partial charge in [-0.15, -0.1) is 6.58 Å². The lowest BCUT2D eigenvalue weighted by atomic mass is 10.0. The van der Waals surface area contributed by atoms with E-state index in [9.17, 15) is 18.4 Å². The van der Waals surface area contributed by atoms with Gasteiger partial charge in [0.15, 0.2) is 0 Å². The Morgan fingerprint density at radius 2 is 1.73 bits per heavy atom. The van der Waals surface area contributed by atoms with E-state index in [4.69, 9.17) is 17.0 Å². The van der Waals surface area contributed by atoms with Crippen LogP contribution in [0.4, 0.5) is 0 Å². The van der Waals surface area contributed by atoms with Gasteiger partial charge in [0.05, 0.1) is 18.5 Å². The molecule has 1 N–H and O–H groups in total. The molecule has 0 spiro atoms. The molecule has 2 aromatic carbocycles. The molecule has 164 valence electrons. The van der Waals surface area contributed by atoms with Gasteiger partial charge in [-0.05, 0) is 59.5 Å². The number of carbonyl (C=O) groups excluding carboxylic acids is 2. The third-order valence-electron chi connectivity index (χ3n) is 3.33. The molecular formula is C21H25ClNO6S-. The molecular weight excluding hydrogens is 430 g/mol. The Balaban J connectivity index is 0.000000538. The number of carbonyl (C=O) groups is 2. The normalized spacial score (nSPS) is 11.5. The van der Waals surface area contributed by atoms with Crippen molar-refractivity contribution in [1.82, 2.24) is 0 Å². The van der Waals surface area contributed by atoms with Crippen molar-refractivity contribution in [2.24, 2.45) is 0 Å². The first-order chi connectivity index (χ1) is 14.2. The number of benzene rings is 2. The van der Waals surface area contributed by atoms with Gasteiger partial charge in [-0.25, -0.2) is 4.79 Å². The molecule has 7 nitrogen and oxygen atoms in total. The van der Waals surface area contributed by atoms with Crippen LogP contribution in [-0.4, -0.2) is 40.1 Å². The van der Waals surface area contributed by atoms with Crippen LogP contribution in [0, 0.1) is 5.41 Å². The van der Waals surface area contributed by atoms with E-state index >= 15 is 0 Å². The molecule has 0 amide bonds. The topological polar surface area (TPSA) is 117 Å². The van der Waals surface area contributed by atoms with Gasteiger partial charge in [0.1, 0.15) is 6.21 Å². The van der Waals surface area contributed by atoms with E-state index in [1.165, 1.54) is 13.0 Å². The molecule has 2 rings (SSSR count). The van der Waals surface area contributed by atoms with Crippen molar-refractivity contribution in [1.29, 1.82) is 5.41 Å². The number of rotatable bonds is 6. The fourth-order valence-corrected chi connectivity index (χ4v) is 2.83. The fraction of sp³-hybridized carbons (Fsp3) is 0.286. The summed E-state index contributed by atoms with van der Waals surface area (Å²) in [7, 11) is 0. The molecule has 0 aliphatic heterocycles. The van der Waals surface area contributed by atoms with Crippen LogP contribution in [0.1, 0.15) is 31.6 Å². The maximum Gasteiger partial charge on any atom is 0.348 e. The molecule has 0 saturated heterocycles. The summed E-state index contributed by atoms with van der Waals surface area (Å²) in [5, 5.41) is 8.25. The molecule has 2 aromatic rings. The number of ether oxygens (including phenoxy) is 2. The second kappa shape index (κ2) is 15.3. The van der Waals surface area contributed by atoms with E-state index in [0.29, 0.717) is 30.0 Å². The number of fused-ring (bicyclic) bond motifs is 1. The molecule has 30 heavy (non-hydrogen) atoms. The van der Waals surface area contributed by atoms with Crippen LogP contribution < -0.4 is 0 Å².